The number of fused-ring (bicyclic) bond motifs is 3. The molecule has 1 spiro atoms. The summed E-state index contributed by atoms with van der Waals surface area (Å²) in [5.41, 5.74) is 0.0711. The second-order valence-corrected chi connectivity index (χ2v) is 7.66. The van der Waals surface area contributed by atoms with Gasteiger partial charge in [0.05, 0.1) is 5.39 Å². The number of aromatic amines is 1. The Morgan fingerprint density at radius 2 is 1.90 bits per heavy atom. The van der Waals surface area contributed by atoms with Gasteiger partial charge in [-0.1, -0.05) is 0 Å². The van der Waals surface area contributed by atoms with Crippen LogP contribution in [-0.4, -0.2) is 31.3 Å². The van der Waals surface area contributed by atoms with Gasteiger partial charge in [0.15, 0.2) is 0 Å². The normalized spacial score (nSPS) is 18.7. The lowest BCUT2D eigenvalue weighted by Gasteiger charge is -2.38. The second-order valence-electron chi connectivity index (χ2n) is 7.66. The molecule has 5 rings (SSSR count). The molecule has 1 saturated carbocycles. The van der Waals surface area contributed by atoms with Crippen LogP contribution in [0.15, 0.2) is 29.5 Å². The third kappa shape index (κ3) is 2.94. The molecular weight excluding hydrogens is 418 g/mol. The number of alkyl halides is 2. The highest BCUT2D eigenvalue weighted by atomic mass is 35.5. The number of aromatic nitrogens is 4. The minimum atomic E-state index is -2.78. The van der Waals surface area contributed by atoms with E-state index in [1.807, 2.05) is 0 Å². The molecule has 8 nitrogen and oxygen atoms in total. The highest BCUT2D eigenvalue weighted by Crippen LogP contribution is 2.43. The summed E-state index contributed by atoms with van der Waals surface area (Å²) in [7, 11) is 0. The van der Waals surface area contributed by atoms with Crippen molar-refractivity contribution in [3.05, 3.63) is 46.3 Å². The SMILES string of the molecule is Cc1cc(Nc2ncnc3[nH]ccc23)c(=O)n2c1C(=O)NC21CCC(F)(F)CC1.Cl. The molecule has 4 heterocycles. The molecule has 0 radical (unpaired) electrons. The van der Waals surface area contributed by atoms with Crippen LogP contribution in [0.2, 0.25) is 0 Å². The average molecular weight is 437 g/mol. The standard InChI is InChI=1S/C19H18F2N6O2.ClH/c1-10-8-12(25-15-11-2-7-22-14(11)23-9-24-15)17(29)27-13(10)16(28)26-19(27)5-3-18(20,21)4-6-19;/h2,7-9H,3-6H2,1H3,(H,26,28)(H2,22,23,24,25);1H. The fraction of sp³-hybridized carbons (Fsp3) is 0.368. The van der Waals surface area contributed by atoms with Crippen LogP contribution in [0.3, 0.4) is 0 Å². The van der Waals surface area contributed by atoms with Crippen molar-refractivity contribution in [1.82, 2.24) is 24.8 Å². The van der Waals surface area contributed by atoms with Crippen molar-refractivity contribution in [1.29, 1.82) is 0 Å². The molecule has 1 aliphatic carbocycles. The molecular formula is C19H19ClF2N6O2. The summed E-state index contributed by atoms with van der Waals surface area (Å²) >= 11 is 0. The van der Waals surface area contributed by atoms with Crippen LogP contribution in [-0.2, 0) is 5.66 Å². The quantitative estimate of drug-likeness (QED) is 0.572. The fourth-order valence-electron chi connectivity index (χ4n) is 4.33. The summed E-state index contributed by atoms with van der Waals surface area (Å²) in [6, 6.07) is 3.37. The number of H-pyrrole nitrogens is 1. The molecule has 0 atom stereocenters. The van der Waals surface area contributed by atoms with Crippen LogP contribution in [0.25, 0.3) is 11.0 Å². The van der Waals surface area contributed by atoms with Crippen molar-refractivity contribution in [2.24, 2.45) is 0 Å². The van der Waals surface area contributed by atoms with Gasteiger partial charge < -0.3 is 15.6 Å². The van der Waals surface area contributed by atoms with Gasteiger partial charge in [-0.05, 0) is 37.5 Å². The Bertz CT molecular complexity index is 1210. The molecule has 0 unspecified atom stereocenters. The smallest absolute Gasteiger partial charge is 0.276 e. The molecule has 0 aromatic carbocycles. The fourth-order valence-corrected chi connectivity index (χ4v) is 4.33. The molecule has 3 aromatic heterocycles. The van der Waals surface area contributed by atoms with Crippen molar-refractivity contribution in [2.75, 3.05) is 5.32 Å². The molecule has 11 heteroatoms. The van der Waals surface area contributed by atoms with Crippen LogP contribution < -0.4 is 16.2 Å². The summed E-state index contributed by atoms with van der Waals surface area (Å²) in [4.78, 5) is 37.2. The van der Waals surface area contributed by atoms with Gasteiger partial charge in [-0.3, -0.25) is 14.2 Å². The predicted molar refractivity (Wildman–Crippen MR) is 109 cm³/mol. The largest absolute Gasteiger partial charge is 0.346 e. The van der Waals surface area contributed by atoms with Crippen LogP contribution in [0.5, 0.6) is 0 Å². The third-order valence-corrected chi connectivity index (χ3v) is 5.80. The number of hydrogen-bond donors (Lipinski definition) is 3. The summed E-state index contributed by atoms with van der Waals surface area (Å²) in [6.07, 6.45) is 2.31. The first-order valence-electron chi connectivity index (χ1n) is 9.32. The number of aryl methyl sites for hydroxylation is 1. The minimum absolute atomic E-state index is 0. The molecule has 2 aliphatic rings. The second kappa shape index (κ2) is 6.76. The number of nitrogens with one attached hydrogen (secondary N) is 3. The number of carbonyl (C=O) groups excluding carboxylic acids is 1. The monoisotopic (exact) mass is 436 g/mol. The van der Waals surface area contributed by atoms with Gasteiger partial charge in [-0.2, -0.15) is 0 Å². The number of carbonyl (C=O) groups is 1. The van der Waals surface area contributed by atoms with E-state index in [-0.39, 0.29) is 49.5 Å². The lowest BCUT2D eigenvalue weighted by molar-refractivity contribution is -0.0667. The molecule has 1 fully saturated rings. The first-order valence-corrected chi connectivity index (χ1v) is 9.32. The van der Waals surface area contributed by atoms with E-state index in [1.54, 1.807) is 25.3 Å². The predicted octanol–water partition coefficient (Wildman–Crippen LogP) is 3.20. The van der Waals surface area contributed by atoms with Crippen molar-refractivity contribution >= 4 is 40.9 Å². The summed E-state index contributed by atoms with van der Waals surface area (Å²) < 4.78 is 28.9. The van der Waals surface area contributed by atoms with Crippen molar-refractivity contribution in [2.45, 2.75) is 44.2 Å². The molecule has 0 bridgehead atoms. The Balaban J connectivity index is 0.00000218. The molecule has 3 aromatic rings. The minimum Gasteiger partial charge on any atom is -0.346 e. The highest BCUT2D eigenvalue weighted by molar-refractivity contribution is 5.97. The van der Waals surface area contributed by atoms with Gasteiger partial charge in [0.2, 0.25) is 5.92 Å². The zero-order valence-electron chi connectivity index (χ0n) is 16.0. The molecule has 1 aliphatic heterocycles. The molecule has 3 N–H and O–H groups in total. The number of anilines is 2. The number of pyridine rings is 1. The molecule has 158 valence electrons. The van der Waals surface area contributed by atoms with Gasteiger partial charge in [-0.25, -0.2) is 18.7 Å². The summed E-state index contributed by atoms with van der Waals surface area (Å²) in [6.45, 7) is 1.72. The number of halogens is 3. The molecule has 1 amide bonds. The van der Waals surface area contributed by atoms with E-state index in [4.69, 9.17) is 0 Å². The highest BCUT2D eigenvalue weighted by Gasteiger charge is 2.50. The zero-order chi connectivity index (χ0) is 20.4. The van der Waals surface area contributed by atoms with E-state index in [0.717, 1.165) is 0 Å². The zero-order valence-corrected chi connectivity index (χ0v) is 16.8. The maximum absolute atomic E-state index is 13.7. The summed E-state index contributed by atoms with van der Waals surface area (Å²) in [5, 5.41) is 6.54. The van der Waals surface area contributed by atoms with E-state index in [0.29, 0.717) is 22.4 Å². The van der Waals surface area contributed by atoms with Crippen LogP contribution in [0.1, 0.15) is 41.7 Å². The number of rotatable bonds is 2. The first kappa shape index (κ1) is 20.3. The van der Waals surface area contributed by atoms with Gasteiger partial charge in [0, 0.05) is 19.0 Å². The Labute approximate surface area is 175 Å². The maximum Gasteiger partial charge on any atom is 0.276 e. The Morgan fingerprint density at radius 1 is 1.17 bits per heavy atom. The topological polar surface area (TPSA) is 105 Å². The van der Waals surface area contributed by atoms with Crippen molar-refractivity contribution < 1.29 is 13.6 Å². The molecule has 30 heavy (non-hydrogen) atoms. The number of nitrogens with zero attached hydrogens (tertiary/aromatic N) is 3. The van der Waals surface area contributed by atoms with Crippen LogP contribution in [0, 0.1) is 6.92 Å². The van der Waals surface area contributed by atoms with Crippen molar-refractivity contribution in [3.8, 4) is 0 Å². The Hall–Kier alpha value is -3.01. The van der Waals surface area contributed by atoms with E-state index >= 15 is 0 Å². The number of hydrogen-bond acceptors (Lipinski definition) is 5. The number of amides is 1. The van der Waals surface area contributed by atoms with E-state index in [2.05, 4.69) is 25.6 Å². The van der Waals surface area contributed by atoms with Crippen LogP contribution >= 0.6 is 12.4 Å². The Kier molecular flexibility index (Phi) is 4.57. The van der Waals surface area contributed by atoms with Crippen LogP contribution in [0.4, 0.5) is 20.3 Å². The molecule has 0 saturated heterocycles. The van der Waals surface area contributed by atoms with Gasteiger partial charge in [-0.15, -0.1) is 12.4 Å². The van der Waals surface area contributed by atoms with Gasteiger partial charge in [0.25, 0.3) is 11.5 Å². The lowest BCUT2D eigenvalue weighted by Crippen LogP contribution is -2.51. The lowest BCUT2D eigenvalue weighted by atomic mass is 9.86. The van der Waals surface area contributed by atoms with Crippen molar-refractivity contribution in [3.63, 3.8) is 0 Å². The Morgan fingerprint density at radius 3 is 2.63 bits per heavy atom. The van der Waals surface area contributed by atoms with Gasteiger partial charge >= 0.3 is 0 Å². The van der Waals surface area contributed by atoms with E-state index in [1.165, 1.54) is 10.9 Å². The first-order chi connectivity index (χ1) is 13.8. The maximum atomic E-state index is 13.7. The van der Waals surface area contributed by atoms with Gasteiger partial charge in [0.1, 0.15) is 34.8 Å². The van der Waals surface area contributed by atoms with E-state index in [9.17, 15) is 18.4 Å². The van der Waals surface area contributed by atoms with E-state index < -0.39 is 23.1 Å². The summed E-state index contributed by atoms with van der Waals surface area (Å²) in [5.74, 6) is -2.75. The average Bonchev–Trinajstić information content (AvgIpc) is 3.26. The third-order valence-electron chi connectivity index (χ3n) is 5.80.